The lowest BCUT2D eigenvalue weighted by molar-refractivity contribution is -0.129. The van der Waals surface area contributed by atoms with E-state index < -0.39 is 0 Å². The van der Waals surface area contributed by atoms with Crippen LogP contribution in [-0.4, -0.2) is 30.3 Å². The molecule has 0 unspecified atom stereocenters. The Morgan fingerprint density at radius 3 is 2.62 bits per heavy atom. The molecule has 124 valence electrons. The predicted molar refractivity (Wildman–Crippen MR) is 101 cm³/mol. The van der Waals surface area contributed by atoms with Gasteiger partial charge in [0.1, 0.15) is 0 Å². The van der Waals surface area contributed by atoms with Gasteiger partial charge in [0.2, 0.25) is 11.8 Å². The number of aryl methyl sites for hydroxylation is 1. The van der Waals surface area contributed by atoms with Crippen molar-refractivity contribution in [1.82, 2.24) is 4.90 Å². The minimum absolute atomic E-state index is 0.0156. The summed E-state index contributed by atoms with van der Waals surface area (Å²) in [5, 5.41) is 2.77. The van der Waals surface area contributed by atoms with Gasteiger partial charge in [-0.2, -0.15) is 0 Å². The fourth-order valence-electron chi connectivity index (χ4n) is 2.11. The number of halogens is 1. The lowest BCUT2D eigenvalue weighted by Gasteiger charge is -2.15. The third-order valence-corrected chi connectivity index (χ3v) is 4.06. The summed E-state index contributed by atoms with van der Waals surface area (Å²) in [4.78, 5) is 25.5. The maximum absolute atomic E-state index is 12.1. The Morgan fingerprint density at radius 2 is 1.92 bits per heavy atom. The van der Waals surface area contributed by atoms with Crippen LogP contribution in [0.1, 0.15) is 11.1 Å². The largest absolute Gasteiger partial charge is 0.333 e. The molecule has 5 heteroatoms. The van der Waals surface area contributed by atoms with E-state index in [1.807, 2.05) is 49.4 Å². The van der Waals surface area contributed by atoms with Crippen LogP contribution in [0, 0.1) is 6.92 Å². The zero-order valence-electron chi connectivity index (χ0n) is 13.6. The van der Waals surface area contributed by atoms with Gasteiger partial charge >= 0.3 is 0 Å². The highest BCUT2D eigenvalue weighted by Crippen LogP contribution is 2.20. The van der Waals surface area contributed by atoms with Crippen LogP contribution in [0.2, 0.25) is 0 Å². The van der Waals surface area contributed by atoms with Crippen molar-refractivity contribution >= 4 is 39.5 Å². The quantitative estimate of drug-likeness (QED) is 0.792. The molecule has 0 aliphatic rings. The molecule has 2 amide bonds. The zero-order valence-corrected chi connectivity index (χ0v) is 15.2. The molecule has 0 saturated heterocycles. The number of hydrogen-bond donors (Lipinski definition) is 1. The fourth-order valence-corrected chi connectivity index (χ4v) is 2.50. The van der Waals surface area contributed by atoms with Gasteiger partial charge in [0.05, 0.1) is 12.2 Å². The number of rotatable bonds is 5. The first-order chi connectivity index (χ1) is 11.5. The van der Waals surface area contributed by atoms with E-state index in [-0.39, 0.29) is 18.4 Å². The number of carbonyl (C=O) groups excluding carboxylic acids is 2. The Labute approximate surface area is 150 Å². The number of nitrogens with zero attached hydrogens (tertiary/aromatic N) is 1. The zero-order chi connectivity index (χ0) is 17.5. The molecule has 0 atom stereocenters. The molecule has 0 aliphatic carbocycles. The minimum atomic E-state index is -0.248. The summed E-state index contributed by atoms with van der Waals surface area (Å²) in [7, 11) is 1.60. The maximum Gasteiger partial charge on any atom is 0.246 e. The SMILES string of the molecule is Cc1cccc(/C=C/C(=O)N(C)CC(=O)Nc2ccccc2Br)c1. The van der Waals surface area contributed by atoms with E-state index in [1.54, 1.807) is 19.2 Å². The lowest BCUT2D eigenvalue weighted by atomic mass is 10.1. The summed E-state index contributed by atoms with van der Waals surface area (Å²) in [6.45, 7) is 1.98. The molecule has 0 aromatic heterocycles. The molecular weight excluding hydrogens is 368 g/mol. The van der Waals surface area contributed by atoms with E-state index in [1.165, 1.54) is 11.0 Å². The Bertz CT molecular complexity index is 771. The number of para-hydroxylation sites is 1. The summed E-state index contributed by atoms with van der Waals surface area (Å²) in [5.41, 5.74) is 2.76. The molecule has 1 N–H and O–H groups in total. The van der Waals surface area contributed by atoms with Crippen LogP contribution in [0.5, 0.6) is 0 Å². The summed E-state index contributed by atoms with van der Waals surface area (Å²) >= 11 is 3.37. The number of nitrogens with one attached hydrogen (secondary N) is 1. The maximum atomic E-state index is 12.1. The van der Waals surface area contributed by atoms with Gasteiger partial charge in [0.15, 0.2) is 0 Å². The molecule has 24 heavy (non-hydrogen) atoms. The summed E-state index contributed by atoms with van der Waals surface area (Å²) < 4.78 is 0.798. The molecule has 0 bridgehead atoms. The van der Waals surface area contributed by atoms with Gasteiger partial charge in [-0.3, -0.25) is 9.59 Å². The van der Waals surface area contributed by atoms with Crippen molar-refractivity contribution in [2.24, 2.45) is 0 Å². The molecule has 0 aliphatic heterocycles. The number of anilines is 1. The lowest BCUT2D eigenvalue weighted by Crippen LogP contribution is -2.33. The Kier molecular flexibility index (Phi) is 6.32. The Balaban J connectivity index is 1.91. The average molecular weight is 387 g/mol. The molecule has 0 radical (unpaired) electrons. The van der Waals surface area contributed by atoms with Gasteiger partial charge in [-0.1, -0.05) is 42.0 Å². The first kappa shape index (κ1) is 17.9. The van der Waals surface area contributed by atoms with E-state index in [4.69, 9.17) is 0 Å². The first-order valence-electron chi connectivity index (χ1n) is 7.50. The molecule has 2 aromatic carbocycles. The molecule has 0 saturated carbocycles. The van der Waals surface area contributed by atoms with Crippen LogP contribution in [0.25, 0.3) is 6.08 Å². The predicted octanol–water partition coefficient (Wildman–Crippen LogP) is 3.87. The van der Waals surface area contributed by atoms with Crippen molar-refractivity contribution in [3.05, 3.63) is 70.2 Å². The highest BCUT2D eigenvalue weighted by atomic mass is 79.9. The highest BCUT2D eigenvalue weighted by molar-refractivity contribution is 9.10. The van der Waals surface area contributed by atoms with Crippen molar-refractivity contribution in [3.63, 3.8) is 0 Å². The summed E-state index contributed by atoms with van der Waals surface area (Å²) in [6, 6.07) is 15.2. The molecular formula is C19H19BrN2O2. The monoisotopic (exact) mass is 386 g/mol. The number of likely N-dealkylation sites (N-methyl/N-ethyl adjacent to an activating group) is 1. The Hall–Kier alpha value is -2.40. The van der Waals surface area contributed by atoms with Crippen molar-refractivity contribution in [2.75, 3.05) is 18.9 Å². The van der Waals surface area contributed by atoms with Crippen LogP contribution < -0.4 is 5.32 Å². The summed E-state index contributed by atoms with van der Waals surface area (Å²) in [5.74, 6) is -0.472. The van der Waals surface area contributed by atoms with Gasteiger partial charge in [-0.15, -0.1) is 0 Å². The molecule has 2 rings (SSSR count). The van der Waals surface area contributed by atoms with E-state index in [0.717, 1.165) is 15.6 Å². The normalized spacial score (nSPS) is 10.6. The highest BCUT2D eigenvalue weighted by Gasteiger charge is 2.11. The van der Waals surface area contributed by atoms with Crippen molar-refractivity contribution in [2.45, 2.75) is 6.92 Å². The number of benzene rings is 2. The van der Waals surface area contributed by atoms with Crippen molar-refractivity contribution in [1.29, 1.82) is 0 Å². The number of carbonyl (C=O) groups is 2. The second-order valence-corrected chi connectivity index (χ2v) is 6.32. The fraction of sp³-hybridized carbons (Fsp3) is 0.158. The smallest absolute Gasteiger partial charge is 0.246 e. The van der Waals surface area contributed by atoms with Crippen LogP contribution in [0.4, 0.5) is 5.69 Å². The number of hydrogen-bond acceptors (Lipinski definition) is 2. The van der Waals surface area contributed by atoms with E-state index >= 15 is 0 Å². The first-order valence-corrected chi connectivity index (χ1v) is 8.29. The van der Waals surface area contributed by atoms with Gasteiger partial charge in [0.25, 0.3) is 0 Å². The van der Waals surface area contributed by atoms with Gasteiger partial charge in [0, 0.05) is 17.6 Å². The third kappa shape index (κ3) is 5.35. The average Bonchev–Trinajstić information content (AvgIpc) is 2.54. The minimum Gasteiger partial charge on any atom is -0.333 e. The summed E-state index contributed by atoms with van der Waals surface area (Å²) in [6.07, 6.45) is 3.22. The standard InChI is InChI=1S/C19H19BrN2O2/c1-14-6-5-7-15(12-14)10-11-19(24)22(2)13-18(23)21-17-9-4-3-8-16(17)20/h3-12H,13H2,1-2H3,(H,21,23)/b11-10+. The second kappa shape index (κ2) is 8.45. The third-order valence-electron chi connectivity index (χ3n) is 3.37. The van der Waals surface area contributed by atoms with Gasteiger partial charge in [-0.05, 0) is 46.6 Å². The van der Waals surface area contributed by atoms with Crippen molar-refractivity contribution < 1.29 is 9.59 Å². The van der Waals surface area contributed by atoms with E-state index in [2.05, 4.69) is 21.2 Å². The molecule has 0 fully saturated rings. The molecule has 4 nitrogen and oxygen atoms in total. The van der Waals surface area contributed by atoms with Gasteiger partial charge < -0.3 is 10.2 Å². The van der Waals surface area contributed by atoms with Crippen molar-refractivity contribution in [3.8, 4) is 0 Å². The second-order valence-electron chi connectivity index (χ2n) is 5.47. The number of amides is 2. The van der Waals surface area contributed by atoms with Crippen LogP contribution in [0.3, 0.4) is 0 Å². The molecule has 0 spiro atoms. The van der Waals surface area contributed by atoms with Gasteiger partial charge in [-0.25, -0.2) is 0 Å². The van der Waals surface area contributed by atoms with Crippen LogP contribution in [-0.2, 0) is 9.59 Å². The topological polar surface area (TPSA) is 49.4 Å². The Morgan fingerprint density at radius 1 is 1.17 bits per heavy atom. The molecule has 2 aromatic rings. The van der Waals surface area contributed by atoms with Crippen LogP contribution >= 0.6 is 15.9 Å². The van der Waals surface area contributed by atoms with E-state index in [0.29, 0.717) is 5.69 Å². The van der Waals surface area contributed by atoms with E-state index in [9.17, 15) is 9.59 Å². The molecule has 0 heterocycles. The van der Waals surface area contributed by atoms with Crippen LogP contribution in [0.15, 0.2) is 59.1 Å².